The van der Waals surface area contributed by atoms with E-state index in [-0.39, 0.29) is 0 Å². The third-order valence-electron chi connectivity index (χ3n) is 3.65. The van der Waals surface area contributed by atoms with E-state index in [1.54, 1.807) is 6.92 Å². The Hall–Kier alpha value is -3.62. The van der Waals surface area contributed by atoms with Gasteiger partial charge in [0.25, 0.3) is 0 Å². The highest BCUT2D eigenvalue weighted by molar-refractivity contribution is 7.78. The lowest BCUT2D eigenvalue weighted by molar-refractivity contribution is 1.44. The number of rotatable bonds is 2. The van der Waals surface area contributed by atoms with Crippen molar-refractivity contribution in [1.29, 1.82) is 0 Å². The van der Waals surface area contributed by atoms with Crippen LogP contribution in [0.15, 0.2) is 82.8 Å². The van der Waals surface area contributed by atoms with Crippen molar-refractivity contribution < 1.29 is 0 Å². The molecule has 2 nitrogen and oxygen atoms in total. The molecule has 0 aromatic heterocycles. The number of hydrogen-bond acceptors (Lipinski definition) is 4. The molecule has 31 heavy (non-hydrogen) atoms. The van der Waals surface area contributed by atoms with Crippen LogP contribution in [0.2, 0.25) is 0 Å². The van der Waals surface area contributed by atoms with Gasteiger partial charge in [0.05, 0.1) is 21.7 Å². The largest absolute Gasteiger partial charge is 0.195 e. The molecule has 0 saturated heterocycles. The van der Waals surface area contributed by atoms with Crippen LogP contribution in [-0.2, 0) is 0 Å². The van der Waals surface area contributed by atoms with Gasteiger partial charge in [0.2, 0.25) is 0 Å². The fourth-order valence-corrected chi connectivity index (χ4v) is 2.34. The predicted octanol–water partition coefficient (Wildman–Crippen LogP) is 7.50. The van der Waals surface area contributed by atoms with Gasteiger partial charge in [0.1, 0.15) is 0 Å². The van der Waals surface area contributed by atoms with Crippen molar-refractivity contribution in [1.82, 2.24) is 0 Å². The molecule has 0 aliphatic rings. The normalized spacial score (nSPS) is 8.19. The first-order valence-electron chi connectivity index (χ1n) is 9.31. The van der Waals surface area contributed by atoms with Crippen LogP contribution in [0, 0.1) is 38.0 Å². The van der Waals surface area contributed by atoms with Crippen molar-refractivity contribution in [3.63, 3.8) is 0 Å². The predicted molar refractivity (Wildman–Crippen MR) is 139 cm³/mol. The zero-order valence-corrected chi connectivity index (χ0v) is 19.3. The second-order valence-electron chi connectivity index (χ2n) is 6.19. The molecule has 3 aromatic carbocycles. The van der Waals surface area contributed by atoms with Gasteiger partial charge in [0, 0.05) is 11.1 Å². The Labute approximate surface area is 195 Å². The van der Waals surface area contributed by atoms with Crippen molar-refractivity contribution >= 4 is 46.1 Å². The van der Waals surface area contributed by atoms with Crippen molar-refractivity contribution in [2.45, 2.75) is 20.8 Å². The minimum absolute atomic E-state index is 0.797. The molecule has 0 spiro atoms. The van der Waals surface area contributed by atoms with Crippen molar-refractivity contribution in [2.24, 2.45) is 9.98 Å². The van der Waals surface area contributed by atoms with Crippen LogP contribution in [0.25, 0.3) is 0 Å². The van der Waals surface area contributed by atoms with E-state index < -0.39 is 0 Å². The molecular weight excluding hydrogens is 416 g/mol. The molecule has 0 saturated carbocycles. The molecule has 0 fully saturated rings. The van der Waals surface area contributed by atoms with Crippen LogP contribution in [0.3, 0.4) is 0 Å². The van der Waals surface area contributed by atoms with E-state index in [0.29, 0.717) is 0 Å². The molecule has 0 bridgehead atoms. The second kappa shape index (κ2) is 15.3. The highest BCUT2D eigenvalue weighted by atomic mass is 32.1. The van der Waals surface area contributed by atoms with Gasteiger partial charge < -0.3 is 0 Å². The summed E-state index contributed by atoms with van der Waals surface area (Å²) in [6.45, 7) is 5.75. The van der Waals surface area contributed by atoms with Gasteiger partial charge in [-0.1, -0.05) is 47.2 Å². The molecule has 0 radical (unpaired) electrons. The summed E-state index contributed by atoms with van der Waals surface area (Å²) >= 11 is 9.00. The van der Waals surface area contributed by atoms with Crippen LogP contribution < -0.4 is 0 Å². The minimum Gasteiger partial charge on any atom is -0.195 e. The van der Waals surface area contributed by atoms with E-state index in [1.807, 2.05) is 67.6 Å². The summed E-state index contributed by atoms with van der Waals surface area (Å²) in [5, 5.41) is 4.65. The lowest BCUT2D eigenvalue weighted by atomic mass is 10.1. The molecule has 4 heteroatoms. The molecule has 0 atom stereocenters. The second-order valence-corrected chi connectivity index (χ2v) is 6.56. The minimum atomic E-state index is 0.797. The Kier molecular flexibility index (Phi) is 12.5. The zero-order valence-electron chi connectivity index (χ0n) is 17.7. The Bertz CT molecular complexity index is 1150. The third-order valence-corrected chi connectivity index (χ3v) is 3.84. The molecular formula is C27H22N2S2. The van der Waals surface area contributed by atoms with Gasteiger partial charge in [-0.15, -0.1) is 12.3 Å². The lowest BCUT2D eigenvalue weighted by Crippen LogP contribution is -1.76. The molecule has 0 amide bonds. The van der Waals surface area contributed by atoms with Gasteiger partial charge >= 0.3 is 0 Å². The fraction of sp³-hybridized carbons (Fsp3) is 0.111. The molecule has 3 aromatic rings. The summed E-state index contributed by atoms with van der Waals surface area (Å²) < 4.78 is 0. The van der Waals surface area contributed by atoms with Crippen LogP contribution in [-0.4, -0.2) is 10.3 Å². The summed E-state index contributed by atoms with van der Waals surface area (Å²) in [6.07, 6.45) is 4.60. The maximum absolute atomic E-state index is 4.60. The Morgan fingerprint density at radius 1 is 0.613 bits per heavy atom. The van der Waals surface area contributed by atoms with Crippen molar-refractivity contribution in [3.8, 4) is 24.2 Å². The van der Waals surface area contributed by atoms with Gasteiger partial charge in [0.15, 0.2) is 0 Å². The number of hydrogen-bond donors (Lipinski definition) is 0. The zero-order chi connectivity index (χ0) is 22.9. The van der Waals surface area contributed by atoms with Crippen LogP contribution in [0.4, 0.5) is 11.4 Å². The fourth-order valence-electron chi connectivity index (χ4n) is 2.13. The monoisotopic (exact) mass is 438 g/mol. The molecule has 3 rings (SSSR count). The van der Waals surface area contributed by atoms with E-state index in [0.717, 1.165) is 22.5 Å². The third kappa shape index (κ3) is 11.2. The summed E-state index contributed by atoms with van der Waals surface area (Å²) in [5.74, 6) is 8.48. The Morgan fingerprint density at radius 2 is 0.903 bits per heavy atom. The smallest absolute Gasteiger partial charge is 0.0740 e. The molecule has 0 heterocycles. The van der Waals surface area contributed by atoms with Crippen molar-refractivity contribution in [3.05, 3.63) is 95.1 Å². The Morgan fingerprint density at radius 3 is 1.26 bits per heavy atom. The van der Waals surface area contributed by atoms with Gasteiger partial charge in [-0.2, -0.15) is 9.98 Å². The average molecular weight is 439 g/mol. The molecule has 0 aliphatic heterocycles. The van der Waals surface area contributed by atoms with E-state index in [4.69, 9.17) is 0 Å². The number of aryl methyl sites for hydroxylation is 2. The van der Waals surface area contributed by atoms with E-state index >= 15 is 0 Å². The van der Waals surface area contributed by atoms with Crippen LogP contribution in [0.5, 0.6) is 0 Å². The topological polar surface area (TPSA) is 24.7 Å². The van der Waals surface area contributed by atoms with Crippen LogP contribution >= 0.6 is 24.4 Å². The van der Waals surface area contributed by atoms with E-state index in [2.05, 4.69) is 88.0 Å². The van der Waals surface area contributed by atoms with Gasteiger partial charge in [-0.3, -0.25) is 0 Å². The van der Waals surface area contributed by atoms with Crippen molar-refractivity contribution in [2.75, 3.05) is 0 Å². The van der Waals surface area contributed by atoms with Gasteiger partial charge in [-0.05, 0) is 93.7 Å². The van der Waals surface area contributed by atoms with E-state index in [9.17, 15) is 0 Å². The standard InChI is InChI=1S/C16H11NS.C8H7NS.C3H4/c1-13-2-4-14(5-3-13)6-7-15-8-10-16(11-9-15)17-12-18;1-7-2-4-8(5-3-7)9-6-10;1-3-2/h2-5,8-11H,1H3;2-5H,1H3;1H,2H3. The maximum atomic E-state index is 4.60. The maximum Gasteiger partial charge on any atom is 0.0740 e. The number of benzene rings is 3. The summed E-state index contributed by atoms with van der Waals surface area (Å²) in [5.41, 5.74) is 6.10. The summed E-state index contributed by atoms with van der Waals surface area (Å²) in [4.78, 5) is 7.70. The number of isothiocyanates is 2. The molecule has 0 unspecified atom stereocenters. The highest BCUT2D eigenvalue weighted by Crippen LogP contribution is 2.12. The average Bonchev–Trinajstić information content (AvgIpc) is 2.77. The summed E-state index contributed by atoms with van der Waals surface area (Å²) in [6, 6.07) is 23.6. The number of terminal acetylenes is 1. The first kappa shape index (κ1) is 25.4. The van der Waals surface area contributed by atoms with E-state index in [1.165, 1.54) is 11.1 Å². The molecule has 0 aliphatic carbocycles. The van der Waals surface area contributed by atoms with Crippen LogP contribution in [0.1, 0.15) is 29.2 Å². The quantitative estimate of drug-likeness (QED) is 0.235. The number of aliphatic imine (C=N–C) groups is 2. The number of thiocarbonyl (C=S) groups is 2. The number of nitrogens with zero attached hydrogens (tertiary/aromatic N) is 2. The van der Waals surface area contributed by atoms with Gasteiger partial charge in [-0.25, -0.2) is 0 Å². The molecule has 152 valence electrons. The SMILES string of the molecule is C#CC.Cc1ccc(C#Cc2ccc(N=C=S)cc2)cc1.Cc1ccc(N=C=S)cc1. The molecule has 0 N–H and O–H groups in total. The first-order chi connectivity index (χ1) is 15.0. The summed E-state index contributed by atoms with van der Waals surface area (Å²) in [7, 11) is 0. The first-order valence-corrected chi connectivity index (χ1v) is 10.1. The Balaban J connectivity index is 0.000000311. The lowest BCUT2D eigenvalue weighted by Gasteiger charge is -1.93. The highest BCUT2D eigenvalue weighted by Gasteiger charge is 1.90.